The molecule has 2 aromatic carbocycles. The number of carbonyl (C=O) groups is 1. The summed E-state index contributed by atoms with van der Waals surface area (Å²) in [5.74, 6) is 1.54. The zero-order chi connectivity index (χ0) is 19.1. The lowest BCUT2D eigenvalue weighted by molar-refractivity contribution is -0.116. The molecule has 0 fully saturated rings. The zero-order valence-electron chi connectivity index (χ0n) is 15.5. The van der Waals surface area contributed by atoms with Gasteiger partial charge in [-0.2, -0.15) is 0 Å². The van der Waals surface area contributed by atoms with Crippen LogP contribution in [0.5, 0.6) is 0 Å². The van der Waals surface area contributed by atoms with E-state index in [2.05, 4.69) is 53.6 Å². The van der Waals surface area contributed by atoms with Gasteiger partial charge in [0, 0.05) is 18.1 Å². The van der Waals surface area contributed by atoms with Crippen LogP contribution in [-0.2, 0) is 4.79 Å². The molecule has 4 nitrogen and oxygen atoms in total. The van der Waals surface area contributed by atoms with Gasteiger partial charge < -0.3 is 5.32 Å². The summed E-state index contributed by atoms with van der Waals surface area (Å²) in [7, 11) is 0. The number of anilines is 1. The fourth-order valence-electron chi connectivity index (χ4n) is 2.71. The average Bonchev–Trinajstić information content (AvgIpc) is 3.13. The van der Waals surface area contributed by atoms with Crippen LogP contribution in [0.2, 0.25) is 0 Å². The standard InChI is InChI=1S/C21H23N3OS2/c1-15(2)14-26-21-24-23-20(27-21)22-19(25)13-18(16-9-5-3-6-10-16)17-11-7-4-8-12-17/h3-12,15,18H,13-14H2,1-2H3,(H,22,23,25). The van der Waals surface area contributed by atoms with E-state index < -0.39 is 0 Å². The molecule has 6 heteroatoms. The predicted octanol–water partition coefficient (Wildman–Crippen LogP) is 5.45. The first-order valence-electron chi connectivity index (χ1n) is 8.98. The topological polar surface area (TPSA) is 54.9 Å². The van der Waals surface area contributed by atoms with Gasteiger partial charge in [-0.15, -0.1) is 10.2 Å². The molecule has 0 saturated carbocycles. The fraction of sp³-hybridized carbons (Fsp3) is 0.286. The predicted molar refractivity (Wildman–Crippen MR) is 113 cm³/mol. The van der Waals surface area contributed by atoms with Gasteiger partial charge >= 0.3 is 0 Å². The van der Waals surface area contributed by atoms with Gasteiger partial charge in [-0.05, 0) is 17.0 Å². The van der Waals surface area contributed by atoms with Gasteiger partial charge in [-0.1, -0.05) is 97.6 Å². The van der Waals surface area contributed by atoms with Crippen LogP contribution in [0.3, 0.4) is 0 Å². The molecular weight excluding hydrogens is 374 g/mol. The third kappa shape index (κ3) is 5.91. The Hall–Kier alpha value is -2.18. The Morgan fingerprint density at radius 2 is 1.59 bits per heavy atom. The van der Waals surface area contributed by atoms with E-state index in [0.717, 1.165) is 21.2 Å². The molecular formula is C21H23N3OS2. The second kappa shape index (κ2) is 9.67. The van der Waals surface area contributed by atoms with Crippen molar-refractivity contribution < 1.29 is 4.79 Å². The molecule has 1 heterocycles. The molecule has 3 rings (SSSR count). The lowest BCUT2D eigenvalue weighted by Gasteiger charge is -2.17. The van der Waals surface area contributed by atoms with E-state index in [1.807, 2.05) is 36.4 Å². The Morgan fingerprint density at radius 1 is 1.00 bits per heavy atom. The summed E-state index contributed by atoms with van der Waals surface area (Å²) in [5, 5.41) is 11.7. The van der Waals surface area contributed by atoms with Crippen molar-refractivity contribution in [2.24, 2.45) is 5.92 Å². The number of aromatic nitrogens is 2. The van der Waals surface area contributed by atoms with Gasteiger partial charge in [-0.25, -0.2) is 0 Å². The van der Waals surface area contributed by atoms with E-state index in [0.29, 0.717) is 17.5 Å². The highest BCUT2D eigenvalue weighted by Crippen LogP contribution is 2.30. The number of amides is 1. The van der Waals surface area contributed by atoms with E-state index >= 15 is 0 Å². The van der Waals surface area contributed by atoms with Gasteiger partial charge in [0.05, 0.1) is 0 Å². The quantitative estimate of drug-likeness (QED) is 0.406. The zero-order valence-corrected chi connectivity index (χ0v) is 17.1. The van der Waals surface area contributed by atoms with E-state index in [9.17, 15) is 4.79 Å². The van der Waals surface area contributed by atoms with Crippen LogP contribution < -0.4 is 5.32 Å². The maximum absolute atomic E-state index is 12.7. The Morgan fingerprint density at radius 3 is 2.15 bits per heavy atom. The van der Waals surface area contributed by atoms with Gasteiger partial charge in [0.25, 0.3) is 0 Å². The molecule has 0 aliphatic heterocycles. The van der Waals surface area contributed by atoms with Crippen molar-refractivity contribution in [3.05, 3.63) is 71.8 Å². The summed E-state index contributed by atoms with van der Waals surface area (Å²) >= 11 is 3.11. The summed E-state index contributed by atoms with van der Waals surface area (Å²) in [6.07, 6.45) is 0.363. The number of thioether (sulfide) groups is 1. The summed E-state index contributed by atoms with van der Waals surface area (Å²) in [5.41, 5.74) is 2.26. The molecule has 0 saturated heterocycles. The Kier molecular flexibility index (Phi) is 7.01. The van der Waals surface area contributed by atoms with Gasteiger partial charge in [0.1, 0.15) is 0 Å². The van der Waals surface area contributed by atoms with Gasteiger partial charge in [-0.3, -0.25) is 4.79 Å². The minimum absolute atomic E-state index is 0.00936. The average molecular weight is 398 g/mol. The molecule has 0 atom stereocenters. The normalized spacial score (nSPS) is 11.1. The third-order valence-corrected chi connectivity index (χ3v) is 6.39. The van der Waals surface area contributed by atoms with Crippen LogP contribution in [0.25, 0.3) is 0 Å². The fourth-order valence-corrected chi connectivity index (χ4v) is 4.46. The van der Waals surface area contributed by atoms with Crippen molar-refractivity contribution in [3.63, 3.8) is 0 Å². The van der Waals surface area contributed by atoms with Crippen LogP contribution in [0.15, 0.2) is 65.0 Å². The monoisotopic (exact) mass is 397 g/mol. The minimum Gasteiger partial charge on any atom is -0.300 e. The third-order valence-electron chi connectivity index (χ3n) is 3.99. The summed E-state index contributed by atoms with van der Waals surface area (Å²) in [4.78, 5) is 12.7. The molecule has 0 aliphatic rings. The Labute approximate surface area is 168 Å². The smallest absolute Gasteiger partial charge is 0.227 e. The van der Waals surface area contributed by atoms with Crippen molar-refractivity contribution in [1.82, 2.24) is 10.2 Å². The van der Waals surface area contributed by atoms with Crippen molar-refractivity contribution in [2.45, 2.75) is 30.5 Å². The molecule has 0 bridgehead atoms. The second-order valence-corrected chi connectivity index (χ2v) is 8.95. The van der Waals surface area contributed by atoms with Crippen molar-refractivity contribution in [3.8, 4) is 0 Å². The van der Waals surface area contributed by atoms with Crippen molar-refractivity contribution >= 4 is 34.1 Å². The highest BCUT2D eigenvalue weighted by Gasteiger charge is 2.19. The molecule has 1 amide bonds. The number of carbonyl (C=O) groups excluding carboxylic acids is 1. The Bertz CT molecular complexity index is 811. The summed E-state index contributed by atoms with van der Waals surface area (Å²) in [6, 6.07) is 20.3. The number of hydrogen-bond acceptors (Lipinski definition) is 5. The number of rotatable bonds is 8. The largest absolute Gasteiger partial charge is 0.300 e. The molecule has 0 unspecified atom stereocenters. The summed E-state index contributed by atoms with van der Waals surface area (Å²) in [6.45, 7) is 4.34. The SMILES string of the molecule is CC(C)CSc1nnc(NC(=O)CC(c2ccccc2)c2ccccc2)s1. The van der Waals surface area contributed by atoms with E-state index in [1.165, 1.54) is 11.3 Å². The molecule has 0 spiro atoms. The van der Waals surface area contributed by atoms with Gasteiger partial charge in [0.2, 0.25) is 11.0 Å². The van der Waals surface area contributed by atoms with Crippen molar-refractivity contribution in [2.75, 3.05) is 11.1 Å². The molecule has 1 N–H and O–H groups in total. The maximum Gasteiger partial charge on any atom is 0.227 e. The Balaban J connectivity index is 1.68. The van der Waals surface area contributed by atoms with E-state index in [1.54, 1.807) is 11.8 Å². The highest BCUT2D eigenvalue weighted by molar-refractivity contribution is 8.01. The number of nitrogens with zero attached hydrogens (tertiary/aromatic N) is 2. The van der Waals surface area contributed by atoms with E-state index in [-0.39, 0.29) is 11.8 Å². The van der Waals surface area contributed by atoms with Crippen LogP contribution in [0.1, 0.15) is 37.3 Å². The maximum atomic E-state index is 12.7. The molecule has 3 aromatic rings. The number of nitrogens with one attached hydrogen (secondary N) is 1. The molecule has 0 radical (unpaired) electrons. The molecule has 140 valence electrons. The minimum atomic E-state index is -0.0516. The molecule has 27 heavy (non-hydrogen) atoms. The highest BCUT2D eigenvalue weighted by atomic mass is 32.2. The van der Waals surface area contributed by atoms with Crippen LogP contribution >= 0.6 is 23.1 Å². The lowest BCUT2D eigenvalue weighted by Crippen LogP contribution is -2.16. The summed E-state index contributed by atoms with van der Waals surface area (Å²) < 4.78 is 0.890. The van der Waals surface area contributed by atoms with E-state index in [4.69, 9.17) is 0 Å². The van der Waals surface area contributed by atoms with Crippen molar-refractivity contribution in [1.29, 1.82) is 0 Å². The van der Waals surface area contributed by atoms with Crippen LogP contribution in [0, 0.1) is 5.92 Å². The first kappa shape index (κ1) is 19.6. The molecule has 1 aromatic heterocycles. The van der Waals surface area contributed by atoms with Crippen LogP contribution in [-0.4, -0.2) is 21.9 Å². The van der Waals surface area contributed by atoms with Gasteiger partial charge in [0.15, 0.2) is 4.34 Å². The van der Waals surface area contributed by atoms with Crippen LogP contribution in [0.4, 0.5) is 5.13 Å². The molecule has 0 aliphatic carbocycles. The first-order valence-corrected chi connectivity index (χ1v) is 10.8. The number of hydrogen-bond donors (Lipinski definition) is 1. The second-order valence-electron chi connectivity index (χ2n) is 6.70. The lowest BCUT2D eigenvalue weighted by atomic mass is 9.88. The first-order chi connectivity index (χ1) is 13.1. The number of benzene rings is 2.